The molecule has 0 aliphatic carbocycles. The minimum atomic E-state index is -4.33. The van der Waals surface area contributed by atoms with Crippen LogP contribution in [0.4, 0.5) is 13.2 Å². The average Bonchev–Trinajstić information content (AvgIpc) is 1.81. The maximum Gasteiger partial charge on any atom is 0.411 e. The van der Waals surface area contributed by atoms with E-state index in [-0.39, 0.29) is 5.88 Å². The molecule has 0 rings (SSSR count). The lowest BCUT2D eigenvalue weighted by molar-refractivity contribution is -0.176. The van der Waals surface area contributed by atoms with Gasteiger partial charge >= 0.3 is 6.18 Å². The van der Waals surface area contributed by atoms with Crippen LogP contribution >= 0.6 is 23.2 Å². The third kappa shape index (κ3) is 6.45. The zero-order valence-corrected chi connectivity index (χ0v) is 6.30. The van der Waals surface area contributed by atoms with Gasteiger partial charge in [-0.1, -0.05) is 11.6 Å². The molecule has 0 aromatic carbocycles. The van der Waals surface area contributed by atoms with Gasteiger partial charge in [-0.15, -0.1) is 11.6 Å². The Morgan fingerprint density at radius 3 is 2.20 bits per heavy atom. The zero-order valence-electron chi connectivity index (χ0n) is 4.79. The number of alkyl halides is 5. The van der Waals surface area contributed by atoms with Gasteiger partial charge in [0.2, 0.25) is 0 Å². The van der Waals surface area contributed by atoms with E-state index in [1.165, 1.54) is 0 Å². The molecule has 62 valence electrons. The first-order chi connectivity index (χ1) is 4.45. The van der Waals surface area contributed by atoms with Crippen LogP contribution in [0.2, 0.25) is 0 Å². The van der Waals surface area contributed by atoms with Crippen molar-refractivity contribution in [1.82, 2.24) is 0 Å². The van der Waals surface area contributed by atoms with Gasteiger partial charge in [-0.25, -0.2) is 0 Å². The van der Waals surface area contributed by atoms with Crippen molar-refractivity contribution in [3.05, 3.63) is 0 Å². The Morgan fingerprint density at radius 1 is 1.40 bits per heavy atom. The second-order valence-corrected chi connectivity index (χ2v) is 2.29. The van der Waals surface area contributed by atoms with Crippen molar-refractivity contribution in [3.8, 4) is 0 Å². The first-order valence-corrected chi connectivity index (χ1v) is 3.31. The molecule has 0 radical (unpaired) electrons. The fourth-order valence-corrected chi connectivity index (χ4v) is 0.382. The molecule has 0 aromatic rings. The van der Waals surface area contributed by atoms with Crippen LogP contribution in [0.5, 0.6) is 0 Å². The maximum absolute atomic E-state index is 11.3. The maximum atomic E-state index is 11.3. The summed E-state index contributed by atoms with van der Waals surface area (Å²) in [7, 11) is 0. The van der Waals surface area contributed by atoms with Gasteiger partial charge in [0.25, 0.3) is 0 Å². The molecule has 0 spiro atoms. The Morgan fingerprint density at radius 2 is 1.90 bits per heavy atom. The van der Waals surface area contributed by atoms with E-state index in [4.69, 9.17) is 23.2 Å². The first kappa shape index (κ1) is 10.3. The predicted molar refractivity (Wildman–Crippen MR) is 32.4 cm³/mol. The summed E-state index contributed by atoms with van der Waals surface area (Å²) in [6.07, 6.45) is -4.33. The third-order valence-electron chi connectivity index (χ3n) is 0.549. The highest BCUT2D eigenvalue weighted by atomic mass is 35.5. The minimum absolute atomic E-state index is 0.155. The van der Waals surface area contributed by atoms with Crippen LogP contribution in [0.3, 0.4) is 0 Å². The van der Waals surface area contributed by atoms with Crippen LogP contribution in [0.15, 0.2) is 0 Å². The van der Waals surface area contributed by atoms with E-state index in [0.29, 0.717) is 0 Å². The highest BCUT2D eigenvalue weighted by Gasteiger charge is 2.28. The van der Waals surface area contributed by atoms with E-state index in [9.17, 15) is 13.2 Å². The lowest BCUT2D eigenvalue weighted by atomic mass is 10.7. The van der Waals surface area contributed by atoms with Gasteiger partial charge < -0.3 is 4.74 Å². The Labute approximate surface area is 66.1 Å². The van der Waals surface area contributed by atoms with Crippen LogP contribution in [-0.4, -0.2) is 24.2 Å². The standard InChI is InChI=1S/C4H5Cl2F3O/c5-1-3(6)10-2-4(7,8)9/h3H,1-2H2. The molecule has 0 heterocycles. The Hall–Kier alpha value is 0.330. The van der Waals surface area contributed by atoms with E-state index in [1.54, 1.807) is 0 Å². The molecule has 0 saturated carbocycles. The fourth-order valence-electron chi connectivity index (χ4n) is 0.229. The largest absolute Gasteiger partial charge is 0.411 e. The highest BCUT2D eigenvalue weighted by molar-refractivity contribution is 6.27. The molecule has 0 aromatic heterocycles. The number of hydrogen-bond acceptors (Lipinski definition) is 1. The van der Waals surface area contributed by atoms with E-state index >= 15 is 0 Å². The summed E-state index contributed by atoms with van der Waals surface area (Å²) in [6, 6.07) is 0. The summed E-state index contributed by atoms with van der Waals surface area (Å²) in [5.41, 5.74) is -1.07. The molecule has 0 amide bonds. The average molecular weight is 197 g/mol. The molecular formula is C4H5Cl2F3O. The number of hydrogen-bond donors (Lipinski definition) is 0. The van der Waals surface area contributed by atoms with Gasteiger partial charge in [-0.05, 0) is 0 Å². The summed E-state index contributed by atoms with van der Waals surface area (Å²) in [5.74, 6) is -0.155. The second kappa shape index (κ2) is 4.26. The lowest BCUT2D eigenvalue weighted by Crippen LogP contribution is -2.21. The van der Waals surface area contributed by atoms with Gasteiger partial charge in [0.15, 0.2) is 0 Å². The zero-order chi connectivity index (χ0) is 8.20. The molecule has 0 aliphatic heterocycles. The van der Waals surface area contributed by atoms with Crippen molar-refractivity contribution in [1.29, 1.82) is 0 Å². The van der Waals surface area contributed by atoms with Gasteiger partial charge in [-0.2, -0.15) is 13.2 Å². The molecule has 0 saturated heterocycles. The SMILES string of the molecule is FC(F)(F)COC(Cl)CCl. The highest BCUT2D eigenvalue weighted by Crippen LogP contribution is 2.16. The third-order valence-corrected chi connectivity index (χ3v) is 1.27. The lowest BCUT2D eigenvalue weighted by Gasteiger charge is -2.09. The molecule has 6 heteroatoms. The van der Waals surface area contributed by atoms with Crippen molar-refractivity contribution < 1.29 is 17.9 Å². The van der Waals surface area contributed by atoms with E-state index in [1.807, 2.05) is 0 Å². The molecule has 1 nitrogen and oxygen atoms in total. The number of rotatable bonds is 3. The molecule has 10 heavy (non-hydrogen) atoms. The van der Waals surface area contributed by atoms with Gasteiger partial charge in [-0.3, -0.25) is 0 Å². The molecule has 1 unspecified atom stereocenters. The minimum Gasteiger partial charge on any atom is -0.352 e. The van der Waals surface area contributed by atoms with Crippen molar-refractivity contribution in [2.75, 3.05) is 12.5 Å². The van der Waals surface area contributed by atoms with Crippen LogP contribution < -0.4 is 0 Å². The van der Waals surface area contributed by atoms with E-state index in [0.717, 1.165) is 0 Å². The summed E-state index contributed by atoms with van der Waals surface area (Å²) in [5, 5.41) is 0. The van der Waals surface area contributed by atoms with Gasteiger partial charge in [0.1, 0.15) is 12.2 Å². The molecule has 0 N–H and O–H groups in total. The Bertz CT molecular complexity index is 95.0. The smallest absolute Gasteiger partial charge is 0.352 e. The summed E-state index contributed by atoms with van der Waals surface area (Å²) < 4.78 is 38.0. The topological polar surface area (TPSA) is 9.23 Å². The number of ether oxygens (including phenoxy) is 1. The van der Waals surface area contributed by atoms with E-state index < -0.39 is 18.3 Å². The Balaban J connectivity index is 3.36. The van der Waals surface area contributed by atoms with Gasteiger partial charge in [0, 0.05) is 0 Å². The summed E-state index contributed by atoms with van der Waals surface area (Å²) >= 11 is 10.2. The fraction of sp³-hybridized carbons (Fsp3) is 1.00. The summed E-state index contributed by atoms with van der Waals surface area (Å²) in [4.78, 5) is 0. The predicted octanol–water partition coefficient (Wildman–Crippen LogP) is 2.37. The number of halogens is 5. The molecule has 0 bridgehead atoms. The van der Waals surface area contributed by atoms with Crippen LogP contribution in [-0.2, 0) is 4.74 Å². The van der Waals surface area contributed by atoms with Gasteiger partial charge in [0.05, 0.1) is 5.88 Å². The monoisotopic (exact) mass is 196 g/mol. The molecule has 0 aliphatic rings. The van der Waals surface area contributed by atoms with Crippen molar-refractivity contribution in [2.24, 2.45) is 0 Å². The summed E-state index contributed by atoms with van der Waals surface area (Å²) in [6.45, 7) is -1.35. The Kier molecular flexibility index (Phi) is 4.40. The van der Waals surface area contributed by atoms with Crippen molar-refractivity contribution in [3.63, 3.8) is 0 Å². The van der Waals surface area contributed by atoms with Crippen LogP contribution in [0, 0.1) is 0 Å². The van der Waals surface area contributed by atoms with Crippen LogP contribution in [0.1, 0.15) is 0 Å². The molecular weight excluding hydrogens is 192 g/mol. The first-order valence-electron chi connectivity index (χ1n) is 2.34. The second-order valence-electron chi connectivity index (χ2n) is 1.49. The quantitative estimate of drug-likeness (QED) is 0.631. The van der Waals surface area contributed by atoms with Crippen molar-refractivity contribution in [2.45, 2.75) is 11.7 Å². The molecule has 1 atom stereocenters. The van der Waals surface area contributed by atoms with E-state index in [2.05, 4.69) is 4.74 Å². The normalized spacial score (nSPS) is 15.3. The van der Waals surface area contributed by atoms with Crippen LogP contribution in [0.25, 0.3) is 0 Å². The molecule has 0 fully saturated rings. The van der Waals surface area contributed by atoms with Crippen molar-refractivity contribution >= 4 is 23.2 Å².